The van der Waals surface area contributed by atoms with Crippen molar-refractivity contribution in [1.82, 2.24) is 0 Å². The fourth-order valence-corrected chi connectivity index (χ4v) is 9.20. The maximum Gasteiger partial charge on any atom is 0.0546 e. The molecule has 0 amide bonds. The molecule has 0 radical (unpaired) electrons. The summed E-state index contributed by atoms with van der Waals surface area (Å²) in [6.07, 6.45) is 0. The summed E-state index contributed by atoms with van der Waals surface area (Å²) in [5.74, 6) is 0. The standard InChI is InChI=1S/C48H37N/c1-47(2)40-19-10-8-17-38(40)46-41(47)20-12-22-44(46)49(32-25-28-36-35-16-7-9-18-39(35)48(3,4)42(36)29-32)43-21-11-14-31-24-26-34-33-15-6-5-13-30(33)23-27-37(34)45(31)43/h5-29H,1-4H3. The molecule has 0 aliphatic heterocycles. The minimum Gasteiger partial charge on any atom is -0.309 e. The van der Waals surface area contributed by atoms with E-state index in [4.69, 9.17) is 0 Å². The van der Waals surface area contributed by atoms with Gasteiger partial charge in [-0.05, 0) is 90.1 Å². The lowest BCUT2D eigenvalue weighted by atomic mass is 9.82. The third-order valence-electron chi connectivity index (χ3n) is 11.6. The van der Waals surface area contributed by atoms with E-state index >= 15 is 0 Å². The molecule has 1 nitrogen and oxygen atoms in total. The summed E-state index contributed by atoms with van der Waals surface area (Å²) >= 11 is 0. The Bertz CT molecular complexity index is 2670. The Morgan fingerprint density at radius 1 is 0.388 bits per heavy atom. The molecule has 2 aliphatic rings. The number of fused-ring (bicyclic) bond motifs is 11. The van der Waals surface area contributed by atoms with Gasteiger partial charge in [0, 0.05) is 27.5 Å². The Kier molecular flexibility index (Phi) is 5.75. The Balaban J connectivity index is 1.32. The van der Waals surface area contributed by atoms with E-state index in [1.54, 1.807) is 0 Å². The molecule has 1 heteroatoms. The molecule has 0 atom stereocenters. The Morgan fingerprint density at radius 2 is 0.980 bits per heavy atom. The van der Waals surface area contributed by atoms with Crippen molar-refractivity contribution >= 4 is 49.4 Å². The zero-order chi connectivity index (χ0) is 33.1. The molecule has 0 bridgehead atoms. The normalized spacial score (nSPS) is 14.9. The highest BCUT2D eigenvalue weighted by Gasteiger charge is 2.39. The zero-order valence-corrected chi connectivity index (χ0v) is 28.4. The van der Waals surface area contributed by atoms with Gasteiger partial charge in [0.25, 0.3) is 0 Å². The van der Waals surface area contributed by atoms with Gasteiger partial charge in [-0.3, -0.25) is 0 Å². The van der Waals surface area contributed by atoms with Crippen molar-refractivity contribution < 1.29 is 0 Å². The summed E-state index contributed by atoms with van der Waals surface area (Å²) in [5, 5.41) is 7.64. The van der Waals surface area contributed by atoms with E-state index in [9.17, 15) is 0 Å². The smallest absolute Gasteiger partial charge is 0.0546 e. The van der Waals surface area contributed by atoms with Crippen molar-refractivity contribution in [3.63, 3.8) is 0 Å². The lowest BCUT2D eigenvalue weighted by molar-refractivity contribution is 0.660. The van der Waals surface area contributed by atoms with Gasteiger partial charge in [0.15, 0.2) is 0 Å². The molecule has 0 unspecified atom stereocenters. The van der Waals surface area contributed by atoms with Gasteiger partial charge in [0.2, 0.25) is 0 Å². The topological polar surface area (TPSA) is 3.24 Å². The van der Waals surface area contributed by atoms with Crippen LogP contribution < -0.4 is 4.90 Å². The summed E-state index contributed by atoms with van der Waals surface area (Å²) in [6.45, 7) is 9.50. The first-order valence-corrected chi connectivity index (χ1v) is 17.5. The molecule has 0 spiro atoms. The number of rotatable bonds is 3. The second kappa shape index (κ2) is 9.94. The van der Waals surface area contributed by atoms with Gasteiger partial charge in [-0.1, -0.05) is 155 Å². The molecule has 234 valence electrons. The Hall–Kier alpha value is -5.66. The predicted octanol–water partition coefficient (Wildman–Crippen LogP) is 13.2. The van der Waals surface area contributed by atoms with Gasteiger partial charge in [-0.15, -0.1) is 0 Å². The maximum absolute atomic E-state index is 2.56. The predicted molar refractivity (Wildman–Crippen MR) is 209 cm³/mol. The fraction of sp³-hybridized carbons (Fsp3) is 0.125. The minimum absolute atomic E-state index is 0.0977. The van der Waals surface area contributed by atoms with Crippen LogP contribution >= 0.6 is 0 Å². The van der Waals surface area contributed by atoms with E-state index in [1.165, 1.54) is 93.9 Å². The Labute approximate surface area is 288 Å². The van der Waals surface area contributed by atoms with Crippen LogP contribution in [0.3, 0.4) is 0 Å². The first-order valence-electron chi connectivity index (χ1n) is 17.5. The highest BCUT2D eigenvalue weighted by Crippen LogP contribution is 2.56. The van der Waals surface area contributed by atoms with Gasteiger partial charge in [0.05, 0.1) is 11.4 Å². The van der Waals surface area contributed by atoms with Gasteiger partial charge in [0.1, 0.15) is 0 Å². The second-order valence-electron chi connectivity index (χ2n) is 14.9. The molecular weight excluding hydrogens is 591 g/mol. The average molecular weight is 628 g/mol. The number of anilines is 3. The van der Waals surface area contributed by atoms with Gasteiger partial charge in [-0.25, -0.2) is 0 Å². The first-order chi connectivity index (χ1) is 23.8. The highest BCUT2D eigenvalue weighted by molar-refractivity contribution is 6.21. The quantitative estimate of drug-likeness (QED) is 0.176. The minimum atomic E-state index is -0.106. The van der Waals surface area contributed by atoms with Gasteiger partial charge in [-0.2, -0.15) is 0 Å². The van der Waals surface area contributed by atoms with E-state index in [1.807, 2.05) is 0 Å². The van der Waals surface area contributed by atoms with Crippen molar-refractivity contribution in [1.29, 1.82) is 0 Å². The van der Waals surface area contributed by atoms with Crippen LogP contribution in [-0.2, 0) is 10.8 Å². The average Bonchev–Trinajstić information content (AvgIpc) is 3.51. The van der Waals surface area contributed by atoms with Crippen LogP contribution in [0, 0.1) is 0 Å². The summed E-state index contributed by atoms with van der Waals surface area (Å²) in [6, 6.07) is 56.9. The van der Waals surface area contributed by atoms with Crippen LogP contribution in [0.15, 0.2) is 152 Å². The maximum atomic E-state index is 2.56. The van der Waals surface area contributed by atoms with Crippen LogP contribution in [0.5, 0.6) is 0 Å². The van der Waals surface area contributed by atoms with Crippen LogP contribution in [-0.4, -0.2) is 0 Å². The third-order valence-corrected chi connectivity index (χ3v) is 11.6. The van der Waals surface area contributed by atoms with Crippen LogP contribution in [0.2, 0.25) is 0 Å². The van der Waals surface area contributed by atoms with Crippen molar-refractivity contribution in [3.8, 4) is 22.3 Å². The molecule has 8 aromatic rings. The van der Waals surface area contributed by atoms with E-state index in [0.29, 0.717) is 0 Å². The summed E-state index contributed by atoms with van der Waals surface area (Å²) in [7, 11) is 0. The zero-order valence-electron chi connectivity index (χ0n) is 28.4. The Morgan fingerprint density at radius 3 is 1.84 bits per heavy atom. The molecule has 8 aromatic carbocycles. The first kappa shape index (κ1) is 28.4. The molecule has 0 N–H and O–H groups in total. The van der Waals surface area contributed by atoms with Crippen LogP contribution in [0.4, 0.5) is 17.1 Å². The third kappa shape index (κ3) is 3.82. The largest absolute Gasteiger partial charge is 0.309 e. The summed E-state index contributed by atoms with van der Waals surface area (Å²) < 4.78 is 0. The second-order valence-corrected chi connectivity index (χ2v) is 14.9. The summed E-state index contributed by atoms with van der Waals surface area (Å²) in [4.78, 5) is 2.56. The van der Waals surface area contributed by atoms with E-state index in [0.717, 1.165) is 0 Å². The molecule has 10 rings (SSSR count). The summed E-state index contributed by atoms with van der Waals surface area (Å²) in [5.41, 5.74) is 14.3. The number of nitrogens with zero attached hydrogens (tertiary/aromatic N) is 1. The van der Waals surface area contributed by atoms with Gasteiger partial charge < -0.3 is 4.90 Å². The van der Waals surface area contributed by atoms with Gasteiger partial charge >= 0.3 is 0 Å². The molecule has 2 aliphatic carbocycles. The molecule has 49 heavy (non-hydrogen) atoms. The molecule has 0 saturated heterocycles. The molecular formula is C48H37N. The van der Waals surface area contributed by atoms with Crippen LogP contribution in [0.25, 0.3) is 54.6 Å². The monoisotopic (exact) mass is 627 g/mol. The van der Waals surface area contributed by atoms with E-state index in [-0.39, 0.29) is 10.8 Å². The SMILES string of the molecule is CC1(C)c2ccccc2-c2ccc(N(c3cccc4c3-c3ccccc3C4(C)C)c3cccc4ccc5c6ccccc6ccc5c34)cc21. The fourth-order valence-electron chi connectivity index (χ4n) is 9.20. The highest BCUT2D eigenvalue weighted by atomic mass is 15.1. The molecule has 0 aromatic heterocycles. The molecule has 0 heterocycles. The number of hydrogen-bond donors (Lipinski definition) is 0. The van der Waals surface area contributed by atoms with Crippen molar-refractivity contribution in [2.24, 2.45) is 0 Å². The lowest BCUT2D eigenvalue weighted by Gasteiger charge is -2.31. The van der Waals surface area contributed by atoms with Crippen molar-refractivity contribution in [3.05, 3.63) is 174 Å². The number of benzene rings is 8. The lowest BCUT2D eigenvalue weighted by Crippen LogP contribution is -2.17. The molecule has 0 saturated carbocycles. The van der Waals surface area contributed by atoms with Crippen molar-refractivity contribution in [2.75, 3.05) is 4.90 Å². The van der Waals surface area contributed by atoms with E-state index in [2.05, 4.69) is 184 Å². The van der Waals surface area contributed by atoms with E-state index < -0.39 is 0 Å². The van der Waals surface area contributed by atoms with Crippen molar-refractivity contribution in [2.45, 2.75) is 38.5 Å². The number of hydrogen-bond acceptors (Lipinski definition) is 1. The van der Waals surface area contributed by atoms with Crippen LogP contribution in [0.1, 0.15) is 49.9 Å². The molecule has 0 fully saturated rings.